The summed E-state index contributed by atoms with van der Waals surface area (Å²) in [5.41, 5.74) is 3.40. The van der Waals surface area contributed by atoms with Gasteiger partial charge >= 0.3 is 0 Å². The van der Waals surface area contributed by atoms with Crippen LogP contribution in [-0.2, 0) is 6.54 Å². The molecule has 1 aromatic carbocycles. The molecular formula is C17H19N5O. The highest BCUT2D eigenvalue weighted by molar-refractivity contribution is 5.92. The summed E-state index contributed by atoms with van der Waals surface area (Å²) in [7, 11) is 0. The molecule has 3 rings (SSSR count). The number of H-pyrrole nitrogens is 1. The molecule has 2 N–H and O–H groups in total. The van der Waals surface area contributed by atoms with Crippen molar-refractivity contribution in [3.05, 3.63) is 71.3 Å². The summed E-state index contributed by atoms with van der Waals surface area (Å²) in [4.78, 5) is 12.1. The first-order valence-corrected chi connectivity index (χ1v) is 7.51. The maximum absolute atomic E-state index is 12.1. The van der Waals surface area contributed by atoms with E-state index in [1.807, 2.05) is 42.9 Å². The topological polar surface area (TPSA) is 75.6 Å². The van der Waals surface area contributed by atoms with Gasteiger partial charge in [-0.1, -0.05) is 30.3 Å². The largest absolute Gasteiger partial charge is 0.344 e. The normalized spacial score (nSPS) is 12.1. The minimum atomic E-state index is -0.197. The lowest BCUT2D eigenvalue weighted by atomic mass is 10.2. The van der Waals surface area contributed by atoms with E-state index in [2.05, 4.69) is 32.7 Å². The maximum Gasteiger partial charge on any atom is 0.272 e. The molecule has 1 amide bonds. The number of rotatable bonds is 5. The number of aromatic amines is 1. The van der Waals surface area contributed by atoms with Crippen molar-refractivity contribution >= 4 is 5.91 Å². The predicted molar refractivity (Wildman–Crippen MR) is 87.0 cm³/mol. The number of amides is 1. The van der Waals surface area contributed by atoms with E-state index >= 15 is 0 Å². The molecule has 2 aromatic heterocycles. The number of carbonyl (C=O) groups is 1. The number of hydrogen-bond acceptors (Lipinski definition) is 3. The van der Waals surface area contributed by atoms with Crippen molar-refractivity contribution in [3.63, 3.8) is 0 Å². The molecule has 0 saturated heterocycles. The van der Waals surface area contributed by atoms with Gasteiger partial charge in [0.2, 0.25) is 0 Å². The van der Waals surface area contributed by atoms with Crippen LogP contribution in [0.15, 0.2) is 48.8 Å². The minimum absolute atomic E-state index is 0.135. The van der Waals surface area contributed by atoms with E-state index < -0.39 is 0 Å². The molecular weight excluding hydrogens is 290 g/mol. The number of nitrogens with zero attached hydrogens (tertiary/aromatic N) is 3. The smallest absolute Gasteiger partial charge is 0.272 e. The second-order valence-corrected chi connectivity index (χ2v) is 5.59. The summed E-state index contributed by atoms with van der Waals surface area (Å²) < 4.78 is 1.87. The van der Waals surface area contributed by atoms with Crippen LogP contribution in [0.25, 0.3) is 0 Å². The predicted octanol–water partition coefficient (Wildman–Crippen LogP) is 2.45. The molecule has 3 aromatic rings. The first-order chi connectivity index (χ1) is 11.1. The summed E-state index contributed by atoms with van der Waals surface area (Å²) in [5, 5.41) is 14.0. The molecule has 0 aliphatic carbocycles. The first kappa shape index (κ1) is 15.0. The third kappa shape index (κ3) is 3.66. The van der Waals surface area contributed by atoms with Gasteiger partial charge in [0, 0.05) is 17.5 Å². The molecule has 0 saturated carbocycles. The number of benzene rings is 1. The zero-order chi connectivity index (χ0) is 16.2. The molecule has 0 fully saturated rings. The minimum Gasteiger partial charge on any atom is -0.344 e. The number of nitrogens with one attached hydrogen (secondary N) is 2. The van der Waals surface area contributed by atoms with E-state index in [9.17, 15) is 4.79 Å². The molecule has 0 radical (unpaired) electrons. The van der Waals surface area contributed by atoms with Crippen LogP contribution in [0, 0.1) is 6.92 Å². The molecule has 0 spiro atoms. The molecule has 1 unspecified atom stereocenters. The number of aryl methyl sites for hydroxylation is 1. The van der Waals surface area contributed by atoms with Crippen molar-refractivity contribution in [2.75, 3.05) is 0 Å². The van der Waals surface area contributed by atoms with E-state index in [4.69, 9.17) is 0 Å². The molecule has 2 heterocycles. The molecule has 0 aliphatic heterocycles. The lowest BCUT2D eigenvalue weighted by molar-refractivity contribution is 0.0935. The summed E-state index contributed by atoms with van der Waals surface area (Å²) in [6.45, 7) is 4.50. The van der Waals surface area contributed by atoms with Crippen molar-refractivity contribution < 1.29 is 4.79 Å². The third-order valence-corrected chi connectivity index (χ3v) is 3.63. The van der Waals surface area contributed by atoms with Crippen molar-refractivity contribution in [2.45, 2.75) is 26.4 Å². The van der Waals surface area contributed by atoms with Gasteiger partial charge in [-0.2, -0.15) is 10.2 Å². The highest BCUT2D eigenvalue weighted by Crippen LogP contribution is 2.13. The quantitative estimate of drug-likeness (QED) is 0.760. The van der Waals surface area contributed by atoms with Crippen molar-refractivity contribution in [2.24, 2.45) is 0 Å². The van der Waals surface area contributed by atoms with Crippen LogP contribution in [0.2, 0.25) is 0 Å². The van der Waals surface area contributed by atoms with E-state index in [0.29, 0.717) is 12.2 Å². The van der Waals surface area contributed by atoms with Crippen LogP contribution >= 0.6 is 0 Å². The maximum atomic E-state index is 12.1. The Labute approximate surface area is 134 Å². The zero-order valence-electron chi connectivity index (χ0n) is 13.2. The van der Waals surface area contributed by atoms with Crippen molar-refractivity contribution in [3.8, 4) is 0 Å². The second-order valence-electron chi connectivity index (χ2n) is 5.59. The number of aromatic nitrogens is 4. The number of hydrogen-bond donors (Lipinski definition) is 2. The fourth-order valence-corrected chi connectivity index (χ4v) is 2.35. The Morgan fingerprint density at radius 2 is 2.13 bits per heavy atom. The monoisotopic (exact) mass is 309 g/mol. The molecule has 118 valence electrons. The summed E-state index contributed by atoms with van der Waals surface area (Å²) in [6.07, 6.45) is 3.73. The average Bonchev–Trinajstić information content (AvgIpc) is 3.17. The molecule has 23 heavy (non-hydrogen) atoms. The SMILES string of the molecule is Cc1cc(C(=O)NC(C)c2cnn(Cc3ccccc3)c2)n[nH]1. The van der Waals surface area contributed by atoms with Crippen molar-refractivity contribution in [1.29, 1.82) is 0 Å². The third-order valence-electron chi connectivity index (χ3n) is 3.63. The Bertz CT molecular complexity index is 790. The van der Waals surface area contributed by atoms with Crippen LogP contribution < -0.4 is 5.32 Å². The van der Waals surface area contributed by atoms with E-state index in [-0.39, 0.29) is 11.9 Å². The van der Waals surface area contributed by atoms with Gasteiger partial charge in [0.1, 0.15) is 5.69 Å². The van der Waals surface area contributed by atoms with Crippen LogP contribution in [0.4, 0.5) is 0 Å². The summed E-state index contributed by atoms with van der Waals surface area (Å²) >= 11 is 0. The summed E-state index contributed by atoms with van der Waals surface area (Å²) in [6, 6.07) is 11.7. The van der Waals surface area contributed by atoms with Crippen molar-refractivity contribution in [1.82, 2.24) is 25.3 Å². The lowest BCUT2D eigenvalue weighted by Crippen LogP contribution is -2.26. The second kappa shape index (κ2) is 6.48. The Hall–Kier alpha value is -2.89. The summed E-state index contributed by atoms with van der Waals surface area (Å²) in [5.74, 6) is -0.197. The van der Waals surface area contributed by atoms with Crippen LogP contribution in [0.1, 0.15) is 40.3 Å². The van der Waals surface area contributed by atoms with Crippen LogP contribution in [0.5, 0.6) is 0 Å². The number of carbonyl (C=O) groups excluding carboxylic acids is 1. The van der Waals surface area contributed by atoms with E-state index in [0.717, 1.165) is 11.3 Å². The van der Waals surface area contributed by atoms with Gasteiger partial charge in [0.15, 0.2) is 0 Å². The molecule has 6 nitrogen and oxygen atoms in total. The zero-order valence-corrected chi connectivity index (χ0v) is 13.2. The first-order valence-electron chi connectivity index (χ1n) is 7.51. The van der Waals surface area contributed by atoms with E-state index in [1.54, 1.807) is 12.3 Å². The van der Waals surface area contributed by atoms with Gasteiger partial charge < -0.3 is 5.32 Å². The molecule has 6 heteroatoms. The van der Waals surface area contributed by atoms with Crippen LogP contribution in [0.3, 0.4) is 0 Å². The fourth-order valence-electron chi connectivity index (χ4n) is 2.35. The highest BCUT2D eigenvalue weighted by atomic mass is 16.2. The highest BCUT2D eigenvalue weighted by Gasteiger charge is 2.15. The Kier molecular flexibility index (Phi) is 4.23. The Morgan fingerprint density at radius 3 is 2.83 bits per heavy atom. The average molecular weight is 309 g/mol. The standard InChI is InChI=1S/C17H19N5O/c1-12-8-16(21-20-12)17(23)19-13(2)15-9-18-22(11-15)10-14-6-4-3-5-7-14/h3-9,11,13H,10H2,1-2H3,(H,19,23)(H,20,21). The fraction of sp³-hybridized carbons (Fsp3) is 0.235. The molecule has 0 bridgehead atoms. The van der Waals surface area contributed by atoms with Gasteiger partial charge in [-0.25, -0.2) is 0 Å². The Balaban J connectivity index is 1.64. The van der Waals surface area contributed by atoms with Gasteiger partial charge in [-0.15, -0.1) is 0 Å². The lowest BCUT2D eigenvalue weighted by Gasteiger charge is -2.10. The van der Waals surface area contributed by atoms with Gasteiger partial charge in [-0.3, -0.25) is 14.6 Å². The van der Waals surface area contributed by atoms with Crippen LogP contribution in [-0.4, -0.2) is 25.9 Å². The van der Waals surface area contributed by atoms with E-state index in [1.165, 1.54) is 5.56 Å². The molecule has 1 atom stereocenters. The van der Waals surface area contributed by atoms with Gasteiger partial charge in [-0.05, 0) is 25.5 Å². The Morgan fingerprint density at radius 1 is 1.35 bits per heavy atom. The van der Waals surface area contributed by atoms with Gasteiger partial charge in [0.05, 0.1) is 18.8 Å². The molecule has 0 aliphatic rings. The van der Waals surface area contributed by atoms with Gasteiger partial charge in [0.25, 0.3) is 5.91 Å².